The number of carbonyl (C=O) groups excluding carboxylic acids is 2. The summed E-state index contributed by atoms with van der Waals surface area (Å²) in [4.78, 5) is 27.8. The van der Waals surface area contributed by atoms with E-state index < -0.39 is 27.8 Å². The van der Waals surface area contributed by atoms with Crippen molar-refractivity contribution in [3.8, 4) is 5.75 Å². The molecule has 1 unspecified atom stereocenters. The van der Waals surface area contributed by atoms with Crippen LogP contribution in [0.1, 0.15) is 43.5 Å². The van der Waals surface area contributed by atoms with Crippen LogP contribution >= 0.6 is 0 Å². The molecule has 1 heterocycles. The predicted molar refractivity (Wildman–Crippen MR) is 141 cm³/mol. The Morgan fingerprint density at radius 2 is 1.59 bits per heavy atom. The summed E-state index contributed by atoms with van der Waals surface area (Å²) in [5, 5.41) is 16.7. The Balaban J connectivity index is 1.93. The fourth-order valence-corrected chi connectivity index (χ4v) is 4.96. The number of aliphatic hydroxyl groups is 1. The SMILES string of the molecule is COc1ccc(/C(O)=C2/C(=O)C(=O)N(c3ccc(S(N)(=O)=O)cc3)C2c2ccccc2)cc1C(C)(C)C. The first-order chi connectivity index (χ1) is 17.3. The molecule has 4 rings (SSSR count). The molecule has 1 aliphatic rings. The van der Waals surface area contributed by atoms with Crippen molar-refractivity contribution in [2.45, 2.75) is 37.1 Å². The molecule has 3 aromatic rings. The Labute approximate surface area is 216 Å². The minimum absolute atomic E-state index is 0.0725. The van der Waals surface area contributed by atoms with E-state index in [1.807, 2.05) is 20.8 Å². The lowest BCUT2D eigenvalue weighted by Crippen LogP contribution is -2.29. The normalized spacial score (nSPS) is 17.8. The molecular formula is C28H28N2O6S. The van der Waals surface area contributed by atoms with Gasteiger partial charge in [0.05, 0.1) is 23.6 Å². The lowest BCUT2D eigenvalue weighted by atomic mass is 9.84. The Morgan fingerprint density at radius 1 is 0.973 bits per heavy atom. The first-order valence-corrected chi connectivity index (χ1v) is 13.1. The molecule has 8 nitrogen and oxygen atoms in total. The molecule has 3 aromatic carbocycles. The van der Waals surface area contributed by atoms with Gasteiger partial charge in [-0.05, 0) is 53.4 Å². The number of ketones is 1. The summed E-state index contributed by atoms with van der Waals surface area (Å²) in [6.45, 7) is 6.01. The van der Waals surface area contributed by atoms with Gasteiger partial charge < -0.3 is 9.84 Å². The second kappa shape index (κ2) is 9.49. The number of primary sulfonamides is 1. The monoisotopic (exact) mass is 520 g/mol. The number of aliphatic hydroxyl groups excluding tert-OH is 1. The largest absolute Gasteiger partial charge is 0.507 e. The van der Waals surface area contributed by atoms with Gasteiger partial charge in [0.2, 0.25) is 10.0 Å². The molecule has 0 aromatic heterocycles. The highest BCUT2D eigenvalue weighted by Crippen LogP contribution is 2.43. The first-order valence-electron chi connectivity index (χ1n) is 11.5. The van der Waals surface area contributed by atoms with Crippen molar-refractivity contribution in [2.75, 3.05) is 12.0 Å². The van der Waals surface area contributed by atoms with Crippen LogP contribution < -0.4 is 14.8 Å². The van der Waals surface area contributed by atoms with Gasteiger partial charge in [-0.1, -0.05) is 51.1 Å². The summed E-state index contributed by atoms with van der Waals surface area (Å²) in [5.41, 5.74) is 1.68. The van der Waals surface area contributed by atoms with E-state index in [1.165, 1.54) is 29.2 Å². The van der Waals surface area contributed by atoms with Crippen molar-refractivity contribution >= 4 is 33.2 Å². The van der Waals surface area contributed by atoms with E-state index in [0.717, 1.165) is 5.56 Å². The highest BCUT2D eigenvalue weighted by molar-refractivity contribution is 7.89. The van der Waals surface area contributed by atoms with Gasteiger partial charge in [0.25, 0.3) is 11.7 Å². The van der Waals surface area contributed by atoms with Crippen LogP contribution in [-0.2, 0) is 25.0 Å². The topological polar surface area (TPSA) is 127 Å². The van der Waals surface area contributed by atoms with Gasteiger partial charge in [-0.2, -0.15) is 0 Å². The number of Topliss-reactive ketones (excluding diaryl/α,β-unsaturated/α-hetero) is 1. The van der Waals surface area contributed by atoms with E-state index in [0.29, 0.717) is 16.9 Å². The molecule has 0 bridgehead atoms. The zero-order valence-corrected chi connectivity index (χ0v) is 21.7. The summed E-state index contributed by atoms with van der Waals surface area (Å²) in [7, 11) is -2.38. The number of ether oxygens (including phenoxy) is 1. The summed E-state index contributed by atoms with van der Waals surface area (Å²) in [6.07, 6.45) is 0. The summed E-state index contributed by atoms with van der Waals surface area (Å²) in [5.74, 6) is -1.37. The van der Waals surface area contributed by atoms with E-state index in [4.69, 9.17) is 9.88 Å². The second-order valence-electron chi connectivity index (χ2n) is 9.78. The maximum atomic E-state index is 13.4. The Kier molecular flexibility index (Phi) is 6.70. The van der Waals surface area contributed by atoms with E-state index >= 15 is 0 Å². The van der Waals surface area contributed by atoms with Crippen molar-refractivity contribution in [3.63, 3.8) is 0 Å². The number of hydrogen-bond acceptors (Lipinski definition) is 6. The van der Waals surface area contributed by atoms with Gasteiger partial charge in [0.15, 0.2) is 0 Å². The molecule has 0 radical (unpaired) electrons. The zero-order chi connectivity index (χ0) is 27.1. The number of benzene rings is 3. The summed E-state index contributed by atoms with van der Waals surface area (Å²) in [6, 6.07) is 18.4. The smallest absolute Gasteiger partial charge is 0.300 e. The third-order valence-electron chi connectivity index (χ3n) is 6.28. The van der Waals surface area contributed by atoms with Crippen LogP contribution in [0.4, 0.5) is 5.69 Å². The summed E-state index contributed by atoms with van der Waals surface area (Å²) < 4.78 is 28.9. The quantitative estimate of drug-likeness (QED) is 0.294. The number of carbonyl (C=O) groups is 2. The first kappa shape index (κ1) is 26.1. The Hall–Kier alpha value is -3.95. The molecule has 9 heteroatoms. The highest BCUT2D eigenvalue weighted by Gasteiger charge is 2.47. The Bertz CT molecular complexity index is 1500. The molecular weight excluding hydrogens is 492 g/mol. The molecule has 0 saturated carbocycles. The van der Waals surface area contributed by atoms with Gasteiger partial charge >= 0.3 is 0 Å². The number of nitrogens with two attached hydrogens (primary N) is 1. The molecule has 1 fully saturated rings. The standard InChI is InChI=1S/C28H28N2O6S/c1-28(2,3)21-16-18(10-15-22(21)36-4)25(31)23-24(17-8-6-5-7-9-17)30(27(33)26(23)32)19-11-13-20(14-12-19)37(29,34)35/h5-16,24,31H,1-4H3,(H2,29,34,35)/b25-23-. The van der Waals surface area contributed by atoms with Crippen molar-refractivity contribution in [1.29, 1.82) is 0 Å². The number of sulfonamides is 1. The average molecular weight is 521 g/mol. The van der Waals surface area contributed by atoms with E-state index in [2.05, 4.69) is 0 Å². The van der Waals surface area contributed by atoms with Crippen molar-refractivity contribution in [1.82, 2.24) is 0 Å². The third kappa shape index (κ3) is 4.87. The molecule has 37 heavy (non-hydrogen) atoms. The molecule has 3 N–H and O–H groups in total. The van der Waals surface area contributed by atoms with Gasteiger partial charge in [-0.25, -0.2) is 13.6 Å². The fourth-order valence-electron chi connectivity index (χ4n) is 4.44. The van der Waals surface area contributed by atoms with E-state index in [1.54, 1.807) is 55.6 Å². The number of nitrogens with zero attached hydrogens (tertiary/aromatic N) is 1. The Morgan fingerprint density at radius 3 is 2.14 bits per heavy atom. The van der Waals surface area contributed by atoms with Crippen LogP contribution in [0.3, 0.4) is 0 Å². The van der Waals surface area contributed by atoms with Crippen molar-refractivity contribution in [2.24, 2.45) is 5.14 Å². The van der Waals surface area contributed by atoms with Crippen LogP contribution in [0.5, 0.6) is 5.75 Å². The maximum Gasteiger partial charge on any atom is 0.300 e. The van der Waals surface area contributed by atoms with Gasteiger partial charge in [0, 0.05) is 16.8 Å². The molecule has 0 spiro atoms. The molecule has 1 atom stereocenters. The number of amides is 1. The van der Waals surface area contributed by atoms with E-state index in [9.17, 15) is 23.1 Å². The lowest BCUT2D eigenvalue weighted by Gasteiger charge is -2.26. The second-order valence-corrected chi connectivity index (χ2v) is 11.3. The zero-order valence-electron chi connectivity index (χ0n) is 20.9. The number of anilines is 1. The minimum atomic E-state index is -3.95. The molecule has 0 aliphatic carbocycles. The average Bonchev–Trinajstić information content (AvgIpc) is 3.13. The molecule has 1 aliphatic heterocycles. The molecule has 1 amide bonds. The predicted octanol–water partition coefficient (Wildman–Crippen LogP) is 4.27. The van der Waals surface area contributed by atoms with E-state index in [-0.39, 0.29) is 27.3 Å². The fraction of sp³-hybridized carbons (Fsp3) is 0.214. The molecule has 192 valence electrons. The van der Waals surface area contributed by atoms with Crippen molar-refractivity contribution < 1.29 is 27.9 Å². The van der Waals surface area contributed by atoms with Gasteiger partial charge in [-0.3, -0.25) is 14.5 Å². The van der Waals surface area contributed by atoms with Crippen LogP contribution in [0.25, 0.3) is 5.76 Å². The van der Waals surface area contributed by atoms with Crippen molar-refractivity contribution in [3.05, 3.63) is 95.1 Å². The van der Waals surface area contributed by atoms with Crippen LogP contribution in [0.2, 0.25) is 0 Å². The third-order valence-corrected chi connectivity index (χ3v) is 7.21. The molecule has 1 saturated heterocycles. The number of hydrogen-bond donors (Lipinski definition) is 2. The number of methoxy groups -OCH3 is 1. The minimum Gasteiger partial charge on any atom is -0.507 e. The highest BCUT2D eigenvalue weighted by atomic mass is 32.2. The van der Waals surface area contributed by atoms with Crippen LogP contribution in [-0.4, -0.2) is 32.3 Å². The van der Waals surface area contributed by atoms with Crippen LogP contribution in [0, 0.1) is 0 Å². The maximum absolute atomic E-state index is 13.4. The van der Waals surface area contributed by atoms with Crippen LogP contribution in [0.15, 0.2) is 83.3 Å². The summed E-state index contributed by atoms with van der Waals surface area (Å²) >= 11 is 0. The van der Waals surface area contributed by atoms with Gasteiger partial charge in [-0.15, -0.1) is 0 Å². The van der Waals surface area contributed by atoms with Gasteiger partial charge in [0.1, 0.15) is 11.5 Å². The number of rotatable bonds is 5. The lowest BCUT2D eigenvalue weighted by molar-refractivity contribution is -0.132.